The summed E-state index contributed by atoms with van der Waals surface area (Å²) < 4.78 is 6.09. The number of ether oxygens (including phenoxy) is 1. The average molecular weight is 292 g/mol. The molecule has 0 aliphatic carbocycles. The van der Waals surface area contributed by atoms with Crippen molar-refractivity contribution in [2.45, 2.75) is 52.7 Å². The number of hydrogen-bond donors (Lipinski definition) is 0. The molecular formula is C13H26BrNO. The van der Waals surface area contributed by atoms with E-state index in [9.17, 15) is 0 Å². The van der Waals surface area contributed by atoms with Crippen molar-refractivity contribution < 1.29 is 4.74 Å². The minimum Gasteiger partial charge on any atom is -0.367 e. The zero-order valence-electron chi connectivity index (χ0n) is 11.6. The summed E-state index contributed by atoms with van der Waals surface area (Å²) in [5.74, 6) is 0. The lowest BCUT2D eigenvalue weighted by Gasteiger charge is -2.48. The molecule has 0 radical (unpaired) electrons. The van der Waals surface area contributed by atoms with Gasteiger partial charge in [0.05, 0.1) is 11.2 Å². The SMILES string of the molecule is CC(C)(CBr)CN1CC(C)(C)OC(C)(C)C1. The molecule has 0 aromatic carbocycles. The van der Waals surface area contributed by atoms with Gasteiger partial charge in [-0.15, -0.1) is 0 Å². The molecule has 1 aliphatic heterocycles. The third-order valence-electron chi connectivity index (χ3n) is 2.77. The number of halogens is 1. The first-order chi connectivity index (χ1) is 7.05. The van der Waals surface area contributed by atoms with Gasteiger partial charge in [-0.1, -0.05) is 29.8 Å². The Morgan fingerprint density at radius 3 is 1.94 bits per heavy atom. The lowest BCUT2D eigenvalue weighted by Crippen LogP contribution is -2.58. The molecule has 96 valence electrons. The predicted octanol–water partition coefficient (Wildman–Crippen LogP) is 3.30. The van der Waals surface area contributed by atoms with Gasteiger partial charge in [-0.05, 0) is 33.1 Å². The van der Waals surface area contributed by atoms with Gasteiger partial charge in [-0.2, -0.15) is 0 Å². The quantitative estimate of drug-likeness (QED) is 0.740. The van der Waals surface area contributed by atoms with E-state index in [1.807, 2.05) is 0 Å². The Bertz CT molecular complexity index is 232. The van der Waals surface area contributed by atoms with Gasteiger partial charge in [0.2, 0.25) is 0 Å². The number of hydrogen-bond acceptors (Lipinski definition) is 2. The first-order valence-corrected chi connectivity index (χ1v) is 7.16. The van der Waals surface area contributed by atoms with Crippen LogP contribution in [0.4, 0.5) is 0 Å². The molecule has 0 saturated carbocycles. The van der Waals surface area contributed by atoms with Crippen LogP contribution in [0.2, 0.25) is 0 Å². The highest BCUT2D eigenvalue weighted by Gasteiger charge is 2.39. The van der Waals surface area contributed by atoms with Gasteiger partial charge >= 0.3 is 0 Å². The van der Waals surface area contributed by atoms with Crippen LogP contribution in [0.3, 0.4) is 0 Å². The van der Waals surface area contributed by atoms with Crippen molar-refractivity contribution in [3.63, 3.8) is 0 Å². The van der Waals surface area contributed by atoms with Gasteiger partial charge in [0.15, 0.2) is 0 Å². The molecule has 0 amide bonds. The van der Waals surface area contributed by atoms with Crippen LogP contribution in [0.25, 0.3) is 0 Å². The molecule has 0 atom stereocenters. The Morgan fingerprint density at radius 2 is 1.56 bits per heavy atom. The summed E-state index contributed by atoms with van der Waals surface area (Å²) >= 11 is 3.60. The topological polar surface area (TPSA) is 12.5 Å². The van der Waals surface area contributed by atoms with E-state index in [0.29, 0.717) is 5.41 Å². The number of nitrogens with zero attached hydrogens (tertiary/aromatic N) is 1. The predicted molar refractivity (Wildman–Crippen MR) is 73.3 cm³/mol. The minimum atomic E-state index is -0.0376. The average Bonchev–Trinajstić information content (AvgIpc) is 1.96. The molecular weight excluding hydrogens is 266 g/mol. The van der Waals surface area contributed by atoms with Crippen LogP contribution < -0.4 is 0 Å². The van der Waals surface area contributed by atoms with Crippen molar-refractivity contribution in [3.8, 4) is 0 Å². The molecule has 0 bridgehead atoms. The second kappa shape index (κ2) is 4.58. The molecule has 1 fully saturated rings. The van der Waals surface area contributed by atoms with E-state index in [0.717, 1.165) is 25.0 Å². The first-order valence-electron chi connectivity index (χ1n) is 6.04. The highest BCUT2D eigenvalue weighted by Crippen LogP contribution is 2.30. The molecule has 1 saturated heterocycles. The molecule has 16 heavy (non-hydrogen) atoms. The Morgan fingerprint density at radius 1 is 1.12 bits per heavy atom. The summed E-state index contributed by atoms with van der Waals surface area (Å²) in [4.78, 5) is 2.53. The molecule has 1 rings (SSSR count). The summed E-state index contributed by atoms with van der Waals surface area (Å²) in [5, 5.41) is 1.04. The fourth-order valence-corrected chi connectivity index (χ4v) is 2.88. The fraction of sp³-hybridized carbons (Fsp3) is 1.00. The van der Waals surface area contributed by atoms with Crippen LogP contribution in [0, 0.1) is 5.41 Å². The van der Waals surface area contributed by atoms with E-state index >= 15 is 0 Å². The molecule has 0 spiro atoms. The maximum absolute atomic E-state index is 6.09. The van der Waals surface area contributed by atoms with E-state index in [1.54, 1.807) is 0 Å². The number of alkyl halides is 1. The van der Waals surface area contributed by atoms with Crippen molar-refractivity contribution in [3.05, 3.63) is 0 Å². The van der Waals surface area contributed by atoms with Crippen LogP contribution in [-0.2, 0) is 4.74 Å². The Balaban J connectivity index is 2.68. The van der Waals surface area contributed by atoms with Crippen molar-refractivity contribution >= 4 is 15.9 Å². The summed E-state index contributed by atoms with van der Waals surface area (Å²) in [6, 6.07) is 0. The summed E-state index contributed by atoms with van der Waals surface area (Å²) in [5.41, 5.74) is 0.248. The van der Waals surface area contributed by atoms with Gasteiger partial charge in [0.1, 0.15) is 0 Å². The second-order valence-corrected chi connectivity index (χ2v) is 7.63. The van der Waals surface area contributed by atoms with E-state index in [1.165, 1.54) is 0 Å². The van der Waals surface area contributed by atoms with Gasteiger partial charge < -0.3 is 4.74 Å². The standard InChI is InChI=1S/C13H26BrNO/c1-11(2,7-14)8-15-9-12(3,4)16-13(5,6)10-15/h7-10H2,1-6H3. The van der Waals surface area contributed by atoms with E-state index in [-0.39, 0.29) is 11.2 Å². The Kier molecular flexibility index (Phi) is 4.14. The summed E-state index contributed by atoms with van der Waals surface area (Å²) in [6.07, 6.45) is 0. The normalized spacial score (nSPS) is 25.7. The smallest absolute Gasteiger partial charge is 0.0760 e. The van der Waals surface area contributed by atoms with E-state index < -0.39 is 0 Å². The van der Waals surface area contributed by atoms with Crippen LogP contribution in [0.1, 0.15) is 41.5 Å². The number of rotatable bonds is 3. The van der Waals surface area contributed by atoms with Crippen molar-refractivity contribution in [1.29, 1.82) is 0 Å². The number of morpholine rings is 1. The molecule has 1 aliphatic rings. The summed E-state index contributed by atoms with van der Waals surface area (Å²) in [6.45, 7) is 16.5. The highest BCUT2D eigenvalue weighted by atomic mass is 79.9. The van der Waals surface area contributed by atoms with Crippen molar-refractivity contribution in [2.24, 2.45) is 5.41 Å². The third kappa shape index (κ3) is 4.34. The monoisotopic (exact) mass is 291 g/mol. The molecule has 1 heterocycles. The zero-order valence-corrected chi connectivity index (χ0v) is 13.1. The highest BCUT2D eigenvalue weighted by molar-refractivity contribution is 9.09. The lowest BCUT2D eigenvalue weighted by molar-refractivity contribution is -0.183. The van der Waals surface area contributed by atoms with E-state index in [4.69, 9.17) is 4.74 Å². The second-order valence-electron chi connectivity index (χ2n) is 7.06. The lowest BCUT2D eigenvalue weighted by atomic mass is 9.92. The van der Waals surface area contributed by atoms with Crippen LogP contribution in [0.15, 0.2) is 0 Å². The largest absolute Gasteiger partial charge is 0.367 e. The Labute approximate surface area is 109 Å². The molecule has 0 unspecified atom stereocenters. The van der Waals surface area contributed by atoms with Crippen LogP contribution in [0.5, 0.6) is 0 Å². The van der Waals surface area contributed by atoms with Gasteiger partial charge in [-0.3, -0.25) is 4.90 Å². The van der Waals surface area contributed by atoms with E-state index in [2.05, 4.69) is 62.4 Å². The molecule has 0 N–H and O–H groups in total. The molecule has 0 aromatic rings. The fourth-order valence-electron chi connectivity index (χ4n) is 2.70. The maximum atomic E-state index is 6.09. The molecule has 2 nitrogen and oxygen atoms in total. The van der Waals surface area contributed by atoms with Gasteiger partial charge in [0, 0.05) is 25.0 Å². The maximum Gasteiger partial charge on any atom is 0.0760 e. The zero-order chi connectivity index (χ0) is 12.6. The van der Waals surface area contributed by atoms with Crippen molar-refractivity contribution in [1.82, 2.24) is 4.90 Å². The molecule has 0 aromatic heterocycles. The minimum absolute atomic E-state index is 0.0376. The first kappa shape index (κ1) is 14.5. The third-order valence-corrected chi connectivity index (χ3v) is 4.29. The van der Waals surface area contributed by atoms with Crippen LogP contribution >= 0.6 is 15.9 Å². The van der Waals surface area contributed by atoms with Gasteiger partial charge in [0.25, 0.3) is 0 Å². The van der Waals surface area contributed by atoms with Gasteiger partial charge in [-0.25, -0.2) is 0 Å². The van der Waals surface area contributed by atoms with Crippen LogP contribution in [-0.4, -0.2) is 41.1 Å². The van der Waals surface area contributed by atoms with Crippen molar-refractivity contribution in [2.75, 3.05) is 25.0 Å². The summed E-state index contributed by atoms with van der Waals surface area (Å²) in [7, 11) is 0. The Hall–Kier alpha value is 0.400. The molecule has 3 heteroatoms.